The lowest BCUT2D eigenvalue weighted by Gasteiger charge is -2.33. The van der Waals surface area contributed by atoms with Crippen LogP contribution in [0.15, 0.2) is 12.1 Å². The van der Waals surface area contributed by atoms with Gasteiger partial charge in [-0.2, -0.15) is 23.5 Å². The molecule has 31 heavy (non-hydrogen) atoms. The van der Waals surface area contributed by atoms with Crippen molar-refractivity contribution < 1.29 is 5.11 Å². The fourth-order valence-corrected chi connectivity index (χ4v) is 7.22. The van der Waals surface area contributed by atoms with Gasteiger partial charge in [0.25, 0.3) is 0 Å². The topological polar surface area (TPSA) is 20.2 Å². The Kier molecular flexibility index (Phi) is 9.20. The van der Waals surface area contributed by atoms with Crippen LogP contribution in [0.5, 0.6) is 5.75 Å². The fourth-order valence-electron chi connectivity index (χ4n) is 4.62. The van der Waals surface area contributed by atoms with Crippen LogP contribution in [0.4, 0.5) is 0 Å². The fraction of sp³-hybridized carbons (Fsp3) is 0.786. The van der Waals surface area contributed by atoms with Crippen molar-refractivity contribution in [2.75, 3.05) is 0 Å². The number of hydrogen-bond donors (Lipinski definition) is 1. The van der Waals surface area contributed by atoms with Gasteiger partial charge < -0.3 is 5.11 Å². The average molecular weight is 467 g/mol. The summed E-state index contributed by atoms with van der Waals surface area (Å²) in [6.07, 6.45) is 2.29. The molecule has 0 aliphatic rings. The Labute approximate surface area is 203 Å². The third-order valence-electron chi connectivity index (χ3n) is 5.28. The number of hydrogen-bond acceptors (Lipinski definition) is 3. The van der Waals surface area contributed by atoms with Crippen molar-refractivity contribution in [1.82, 2.24) is 0 Å². The van der Waals surface area contributed by atoms with Crippen LogP contribution in [0.25, 0.3) is 0 Å². The highest BCUT2D eigenvalue weighted by Gasteiger charge is 2.29. The zero-order valence-electron chi connectivity index (χ0n) is 22.7. The Hall–Kier alpha value is -0.280. The Balaban J connectivity index is 3.15. The molecule has 1 rings (SSSR count). The second-order valence-electron chi connectivity index (χ2n) is 14.0. The number of benzene rings is 1. The van der Waals surface area contributed by atoms with Gasteiger partial charge in [0, 0.05) is 32.1 Å². The van der Waals surface area contributed by atoms with Crippen molar-refractivity contribution >= 4 is 23.5 Å². The first-order valence-electron chi connectivity index (χ1n) is 11.7. The summed E-state index contributed by atoms with van der Waals surface area (Å²) in [5.41, 5.74) is 4.15. The molecular weight excluding hydrogens is 416 g/mol. The summed E-state index contributed by atoms with van der Waals surface area (Å²) in [4.78, 5) is 0. The van der Waals surface area contributed by atoms with Gasteiger partial charge in [0.1, 0.15) is 5.75 Å². The Morgan fingerprint density at radius 3 is 1.19 bits per heavy atom. The summed E-state index contributed by atoms with van der Waals surface area (Å²) < 4.78 is 0.345. The summed E-state index contributed by atoms with van der Waals surface area (Å²) in [6.45, 7) is 30.0. The summed E-state index contributed by atoms with van der Waals surface area (Å²) >= 11 is 3.93. The van der Waals surface area contributed by atoms with Crippen LogP contribution >= 0.6 is 23.5 Å². The quantitative estimate of drug-likeness (QED) is 0.412. The normalized spacial score (nSPS) is 14.2. The highest BCUT2D eigenvalue weighted by Crippen LogP contribution is 2.43. The van der Waals surface area contributed by atoms with Gasteiger partial charge in [0.2, 0.25) is 0 Å². The number of aromatic hydroxyl groups is 1. The van der Waals surface area contributed by atoms with Crippen LogP contribution in [0, 0.1) is 10.8 Å². The highest BCUT2D eigenvalue weighted by atomic mass is 32.2. The summed E-state index contributed by atoms with van der Waals surface area (Å²) in [5.74, 6) is 2.20. The first kappa shape index (κ1) is 28.8. The van der Waals surface area contributed by atoms with Gasteiger partial charge in [0.05, 0.1) is 0 Å². The molecule has 1 aromatic carbocycles. The van der Waals surface area contributed by atoms with Gasteiger partial charge in [-0.1, -0.05) is 102 Å². The Morgan fingerprint density at radius 2 is 0.935 bits per heavy atom. The van der Waals surface area contributed by atoms with Crippen LogP contribution in [-0.4, -0.2) is 14.6 Å². The number of rotatable bonds is 8. The van der Waals surface area contributed by atoms with E-state index in [1.165, 1.54) is 5.56 Å². The van der Waals surface area contributed by atoms with Crippen molar-refractivity contribution in [2.24, 2.45) is 10.8 Å². The second kappa shape index (κ2) is 9.92. The van der Waals surface area contributed by atoms with E-state index in [0.717, 1.165) is 35.5 Å². The zero-order chi connectivity index (χ0) is 24.5. The third kappa shape index (κ3) is 10.9. The maximum Gasteiger partial charge on any atom is 0.123 e. The molecule has 0 aromatic heterocycles. The first-order valence-corrected chi connectivity index (χ1v) is 13.7. The lowest BCUT2D eigenvalue weighted by molar-refractivity contribution is 0.339. The molecule has 1 aromatic rings. The Bertz CT molecular complexity index is 672. The summed E-state index contributed by atoms with van der Waals surface area (Å²) in [7, 11) is 0. The van der Waals surface area contributed by atoms with Crippen molar-refractivity contribution in [3.63, 3.8) is 0 Å². The van der Waals surface area contributed by atoms with Gasteiger partial charge >= 0.3 is 0 Å². The molecule has 0 saturated heterocycles. The van der Waals surface area contributed by atoms with E-state index in [1.54, 1.807) is 0 Å². The van der Waals surface area contributed by atoms with E-state index < -0.39 is 0 Å². The molecule has 180 valence electrons. The van der Waals surface area contributed by atoms with Gasteiger partial charge in [-0.3, -0.25) is 0 Å². The summed E-state index contributed by atoms with van der Waals surface area (Å²) in [6, 6.07) is 4.48. The minimum atomic E-state index is 0.0639. The number of phenolic OH excluding ortho intramolecular Hbond substituents is 1. The molecule has 0 radical (unpaired) electrons. The smallest absolute Gasteiger partial charge is 0.123 e. The lowest BCUT2D eigenvalue weighted by atomic mass is 9.85. The van der Waals surface area contributed by atoms with E-state index >= 15 is 0 Å². The molecule has 0 aliphatic heterocycles. The minimum Gasteiger partial charge on any atom is -0.507 e. The maximum atomic E-state index is 11.2. The van der Waals surface area contributed by atoms with Crippen LogP contribution in [0.3, 0.4) is 0 Å². The predicted octanol–water partition coefficient (Wildman–Crippen LogP) is 9.59. The minimum absolute atomic E-state index is 0.0639. The van der Waals surface area contributed by atoms with Gasteiger partial charge in [-0.15, -0.1) is 0 Å². The number of phenols is 1. The molecule has 3 heteroatoms. The molecule has 0 spiro atoms. The highest BCUT2D eigenvalue weighted by molar-refractivity contribution is 8.00. The van der Waals surface area contributed by atoms with E-state index in [1.807, 2.05) is 23.5 Å². The summed E-state index contributed by atoms with van der Waals surface area (Å²) in [5, 5.41) is 11.2. The van der Waals surface area contributed by atoms with Crippen molar-refractivity contribution in [3.05, 3.63) is 28.8 Å². The third-order valence-corrected chi connectivity index (χ3v) is 8.05. The molecule has 0 saturated carbocycles. The van der Waals surface area contributed by atoms with Gasteiger partial charge in [-0.05, 0) is 34.7 Å². The van der Waals surface area contributed by atoms with Crippen LogP contribution in [0.1, 0.15) is 120 Å². The Morgan fingerprint density at radius 1 is 0.613 bits per heavy atom. The van der Waals surface area contributed by atoms with E-state index in [0.29, 0.717) is 16.6 Å². The molecule has 0 atom stereocenters. The molecule has 0 bridgehead atoms. The molecule has 0 aliphatic carbocycles. The standard InChI is InChI=1S/C28H50OS2/c1-24(2,3)18-27(10,11)30-16-20-14-22(26(7,8)9)15-21(23(20)29)17-31-28(12,13)19-25(4,5)6/h14-15,29H,16-19H2,1-13H3. The SMILES string of the molecule is CC(C)(C)CC(C)(C)SCc1cc(C(C)(C)C)cc(CSC(C)(C)CC(C)(C)C)c1O. The molecule has 0 heterocycles. The predicted molar refractivity (Wildman–Crippen MR) is 146 cm³/mol. The van der Waals surface area contributed by atoms with Crippen molar-refractivity contribution in [1.29, 1.82) is 0 Å². The van der Waals surface area contributed by atoms with Gasteiger partial charge in [-0.25, -0.2) is 0 Å². The van der Waals surface area contributed by atoms with E-state index in [4.69, 9.17) is 0 Å². The largest absolute Gasteiger partial charge is 0.507 e. The van der Waals surface area contributed by atoms with E-state index in [2.05, 4.69) is 102 Å². The second-order valence-corrected chi connectivity index (χ2v) is 17.3. The zero-order valence-corrected chi connectivity index (χ0v) is 24.4. The molecule has 0 fully saturated rings. The first-order chi connectivity index (χ1) is 13.6. The van der Waals surface area contributed by atoms with Crippen LogP contribution in [-0.2, 0) is 16.9 Å². The molecule has 1 nitrogen and oxygen atoms in total. The van der Waals surface area contributed by atoms with Crippen LogP contribution < -0.4 is 0 Å². The molecule has 0 amide bonds. The maximum absolute atomic E-state index is 11.2. The van der Waals surface area contributed by atoms with Gasteiger partial charge in [0.15, 0.2) is 0 Å². The molecule has 0 unspecified atom stereocenters. The average Bonchev–Trinajstić information content (AvgIpc) is 2.46. The van der Waals surface area contributed by atoms with E-state index in [-0.39, 0.29) is 14.9 Å². The monoisotopic (exact) mass is 466 g/mol. The lowest BCUT2D eigenvalue weighted by Crippen LogP contribution is -2.24. The van der Waals surface area contributed by atoms with Crippen LogP contribution in [0.2, 0.25) is 0 Å². The van der Waals surface area contributed by atoms with Crippen molar-refractivity contribution in [3.8, 4) is 5.75 Å². The van der Waals surface area contributed by atoms with Crippen molar-refractivity contribution in [2.45, 2.75) is 129 Å². The van der Waals surface area contributed by atoms with E-state index in [9.17, 15) is 5.11 Å². The molecular formula is C28H50OS2. The molecule has 1 N–H and O–H groups in total. The number of thioether (sulfide) groups is 2.